The fourth-order valence-electron chi connectivity index (χ4n) is 3.24. The summed E-state index contributed by atoms with van der Waals surface area (Å²) in [6, 6.07) is 5.90. The second kappa shape index (κ2) is 3.99. The maximum atomic E-state index is 10.3. The normalized spacial score (nSPS) is 35.7. The molecule has 1 aliphatic heterocycles. The Bertz CT molecular complexity index is 446. The highest BCUT2D eigenvalue weighted by Crippen LogP contribution is 2.49. The number of benzene rings is 1. The first-order chi connectivity index (χ1) is 8.08. The van der Waals surface area contributed by atoms with E-state index in [9.17, 15) is 5.11 Å². The standard InChI is InChI=1S/C14H17BrO2/c1-9-4-5-14(7-9)8-12(16)11-6-10(15)2-3-13(11)17-14/h2-3,6,9,12,16H,4-5,7-8H2,1H3. The van der Waals surface area contributed by atoms with E-state index < -0.39 is 0 Å². The molecule has 3 heteroatoms. The Hall–Kier alpha value is -0.540. The number of rotatable bonds is 0. The lowest BCUT2D eigenvalue weighted by Gasteiger charge is -2.38. The van der Waals surface area contributed by atoms with Crippen LogP contribution in [0.15, 0.2) is 22.7 Å². The van der Waals surface area contributed by atoms with Crippen LogP contribution in [0, 0.1) is 5.92 Å². The van der Waals surface area contributed by atoms with Gasteiger partial charge in [0.15, 0.2) is 0 Å². The smallest absolute Gasteiger partial charge is 0.126 e. The highest BCUT2D eigenvalue weighted by atomic mass is 79.9. The highest BCUT2D eigenvalue weighted by molar-refractivity contribution is 9.10. The number of aliphatic hydroxyl groups excluding tert-OH is 1. The quantitative estimate of drug-likeness (QED) is 0.788. The molecule has 3 unspecified atom stereocenters. The van der Waals surface area contributed by atoms with Gasteiger partial charge in [0, 0.05) is 16.5 Å². The lowest BCUT2D eigenvalue weighted by atomic mass is 9.87. The van der Waals surface area contributed by atoms with E-state index in [-0.39, 0.29) is 11.7 Å². The zero-order chi connectivity index (χ0) is 12.0. The Balaban J connectivity index is 1.96. The van der Waals surface area contributed by atoms with Gasteiger partial charge in [0.05, 0.1) is 6.10 Å². The van der Waals surface area contributed by atoms with Crippen LogP contribution in [0.25, 0.3) is 0 Å². The van der Waals surface area contributed by atoms with Crippen LogP contribution >= 0.6 is 15.9 Å². The van der Waals surface area contributed by atoms with Crippen LogP contribution < -0.4 is 4.74 Å². The number of aliphatic hydroxyl groups is 1. The molecule has 2 aliphatic rings. The second-order valence-electron chi connectivity index (χ2n) is 5.54. The minimum absolute atomic E-state index is 0.111. The number of hydrogen-bond acceptors (Lipinski definition) is 2. The molecule has 1 aromatic carbocycles. The van der Waals surface area contributed by atoms with E-state index in [0.717, 1.165) is 35.0 Å². The van der Waals surface area contributed by atoms with Crippen molar-refractivity contribution in [3.8, 4) is 5.75 Å². The molecule has 1 spiro atoms. The second-order valence-corrected chi connectivity index (χ2v) is 6.45. The summed E-state index contributed by atoms with van der Waals surface area (Å²) in [6.45, 7) is 2.27. The molecule has 0 amide bonds. The molecule has 92 valence electrons. The van der Waals surface area contributed by atoms with E-state index in [2.05, 4.69) is 22.9 Å². The van der Waals surface area contributed by atoms with Gasteiger partial charge < -0.3 is 9.84 Å². The van der Waals surface area contributed by atoms with Gasteiger partial charge in [-0.3, -0.25) is 0 Å². The number of fused-ring (bicyclic) bond motifs is 1. The van der Waals surface area contributed by atoms with Crippen LogP contribution in [0.1, 0.15) is 44.3 Å². The molecule has 0 saturated heterocycles. The van der Waals surface area contributed by atoms with E-state index >= 15 is 0 Å². The minimum Gasteiger partial charge on any atom is -0.487 e. The summed E-state index contributed by atoms with van der Waals surface area (Å²) in [5.41, 5.74) is 0.809. The van der Waals surface area contributed by atoms with Crippen molar-refractivity contribution in [2.45, 2.75) is 44.3 Å². The van der Waals surface area contributed by atoms with Gasteiger partial charge >= 0.3 is 0 Å². The van der Waals surface area contributed by atoms with Gasteiger partial charge in [-0.25, -0.2) is 0 Å². The average molecular weight is 297 g/mol. The fraction of sp³-hybridized carbons (Fsp3) is 0.571. The highest BCUT2D eigenvalue weighted by Gasteiger charge is 2.44. The molecule has 1 N–H and O–H groups in total. The molecule has 0 radical (unpaired) electrons. The number of hydrogen-bond donors (Lipinski definition) is 1. The zero-order valence-electron chi connectivity index (χ0n) is 9.95. The van der Waals surface area contributed by atoms with E-state index in [1.54, 1.807) is 0 Å². The van der Waals surface area contributed by atoms with Crippen LogP contribution in [0.2, 0.25) is 0 Å². The third kappa shape index (κ3) is 2.00. The summed E-state index contributed by atoms with van der Waals surface area (Å²) < 4.78 is 7.19. The molecular weight excluding hydrogens is 280 g/mol. The monoisotopic (exact) mass is 296 g/mol. The first-order valence-electron chi connectivity index (χ1n) is 6.24. The molecule has 1 aliphatic carbocycles. The summed E-state index contributed by atoms with van der Waals surface area (Å²) in [4.78, 5) is 0. The summed E-state index contributed by atoms with van der Waals surface area (Å²) in [5, 5.41) is 10.3. The molecule has 17 heavy (non-hydrogen) atoms. The molecule has 3 atom stereocenters. The Kier molecular flexibility index (Phi) is 2.71. The van der Waals surface area contributed by atoms with Gasteiger partial charge in [0.1, 0.15) is 11.4 Å². The van der Waals surface area contributed by atoms with Gasteiger partial charge in [-0.2, -0.15) is 0 Å². The summed E-state index contributed by atoms with van der Waals surface area (Å²) in [6.07, 6.45) is 3.70. The van der Waals surface area contributed by atoms with Crippen molar-refractivity contribution in [3.05, 3.63) is 28.2 Å². The van der Waals surface area contributed by atoms with Crippen LogP contribution in [0.4, 0.5) is 0 Å². The summed E-state index contributed by atoms with van der Waals surface area (Å²) >= 11 is 3.44. The van der Waals surface area contributed by atoms with E-state index in [0.29, 0.717) is 5.92 Å². The van der Waals surface area contributed by atoms with Crippen LogP contribution in [-0.2, 0) is 0 Å². The number of halogens is 1. The maximum Gasteiger partial charge on any atom is 0.126 e. The molecule has 0 bridgehead atoms. The van der Waals surface area contributed by atoms with Crippen molar-refractivity contribution in [2.75, 3.05) is 0 Å². The molecule has 1 aromatic rings. The Morgan fingerprint density at radius 1 is 1.41 bits per heavy atom. The van der Waals surface area contributed by atoms with Gasteiger partial charge in [-0.05, 0) is 43.4 Å². The van der Waals surface area contributed by atoms with E-state index in [1.807, 2.05) is 18.2 Å². The Morgan fingerprint density at radius 3 is 2.94 bits per heavy atom. The number of ether oxygens (including phenoxy) is 1. The fourth-order valence-corrected chi connectivity index (χ4v) is 3.62. The zero-order valence-corrected chi connectivity index (χ0v) is 11.5. The van der Waals surface area contributed by atoms with Crippen molar-refractivity contribution in [1.29, 1.82) is 0 Å². The molecule has 1 heterocycles. The van der Waals surface area contributed by atoms with Crippen molar-refractivity contribution in [3.63, 3.8) is 0 Å². The van der Waals surface area contributed by atoms with Crippen molar-refractivity contribution < 1.29 is 9.84 Å². The average Bonchev–Trinajstić information content (AvgIpc) is 2.61. The van der Waals surface area contributed by atoms with E-state index in [1.165, 1.54) is 6.42 Å². The predicted molar refractivity (Wildman–Crippen MR) is 70.1 cm³/mol. The summed E-state index contributed by atoms with van der Waals surface area (Å²) in [7, 11) is 0. The van der Waals surface area contributed by atoms with Crippen molar-refractivity contribution >= 4 is 15.9 Å². The minimum atomic E-state index is -0.387. The van der Waals surface area contributed by atoms with E-state index in [4.69, 9.17) is 4.74 Å². The first-order valence-corrected chi connectivity index (χ1v) is 7.04. The third-order valence-electron chi connectivity index (χ3n) is 4.04. The van der Waals surface area contributed by atoms with Crippen LogP contribution in [0.3, 0.4) is 0 Å². The Labute approximate surface area is 110 Å². The van der Waals surface area contributed by atoms with Gasteiger partial charge in [-0.15, -0.1) is 0 Å². The van der Waals surface area contributed by atoms with Gasteiger partial charge in [0.2, 0.25) is 0 Å². The Morgan fingerprint density at radius 2 is 2.24 bits per heavy atom. The van der Waals surface area contributed by atoms with Crippen LogP contribution in [-0.4, -0.2) is 10.7 Å². The first kappa shape index (κ1) is 11.5. The SMILES string of the molecule is CC1CCC2(C1)CC(O)c1cc(Br)ccc1O2. The summed E-state index contributed by atoms with van der Waals surface area (Å²) in [5.74, 6) is 1.57. The lowest BCUT2D eigenvalue weighted by molar-refractivity contribution is -0.0116. The molecule has 1 saturated carbocycles. The predicted octanol–water partition coefficient (Wildman–Crippen LogP) is 3.82. The molecular formula is C14H17BrO2. The molecule has 2 nitrogen and oxygen atoms in total. The van der Waals surface area contributed by atoms with Crippen LogP contribution in [0.5, 0.6) is 5.75 Å². The molecule has 0 aromatic heterocycles. The van der Waals surface area contributed by atoms with Crippen molar-refractivity contribution in [2.24, 2.45) is 5.92 Å². The molecule has 3 rings (SSSR count). The van der Waals surface area contributed by atoms with Gasteiger partial charge in [-0.1, -0.05) is 22.9 Å². The topological polar surface area (TPSA) is 29.5 Å². The molecule has 1 fully saturated rings. The third-order valence-corrected chi connectivity index (χ3v) is 4.53. The largest absolute Gasteiger partial charge is 0.487 e. The van der Waals surface area contributed by atoms with Gasteiger partial charge in [0.25, 0.3) is 0 Å². The van der Waals surface area contributed by atoms with Crippen molar-refractivity contribution in [1.82, 2.24) is 0 Å². The maximum absolute atomic E-state index is 10.3. The lowest BCUT2D eigenvalue weighted by Crippen LogP contribution is -2.38.